The zero-order chi connectivity index (χ0) is 21.4. The highest BCUT2D eigenvalue weighted by Crippen LogP contribution is 2.28. The van der Waals surface area contributed by atoms with Crippen LogP contribution in [0, 0.1) is 0 Å². The molecule has 0 bridgehead atoms. The van der Waals surface area contributed by atoms with Crippen molar-refractivity contribution in [3.63, 3.8) is 0 Å². The summed E-state index contributed by atoms with van der Waals surface area (Å²) >= 11 is 0. The molecule has 0 saturated heterocycles. The number of esters is 1. The number of amides is 1. The highest BCUT2D eigenvalue weighted by atomic mass is 16.6. The lowest BCUT2D eigenvalue weighted by molar-refractivity contribution is -0.142. The van der Waals surface area contributed by atoms with Crippen molar-refractivity contribution in [2.45, 2.75) is 32.9 Å². The number of carbonyl (C=O) groups excluding carboxylic acids is 2. The standard InChI is InChI=1S/C22H27NO6/c1-14(2)29-18-8-6-7-16(11-18)15(3)23-22(25)17-9-10-19(26-4)20(12-17)28-13-21(24)27-5/h6-12,14-15H,13H2,1-5H3,(H,23,25). The molecular formula is C22H27NO6. The van der Waals surface area contributed by atoms with Crippen molar-refractivity contribution >= 4 is 11.9 Å². The number of methoxy groups -OCH3 is 2. The summed E-state index contributed by atoms with van der Waals surface area (Å²) in [6.45, 7) is 5.53. The molecule has 2 rings (SSSR count). The Bertz CT molecular complexity index is 849. The molecule has 2 aromatic carbocycles. The summed E-state index contributed by atoms with van der Waals surface area (Å²) < 4.78 is 20.9. The maximum Gasteiger partial charge on any atom is 0.343 e. The van der Waals surface area contributed by atoms with E-state index in [0.717, 1.165) is 11.3 Å². The van der Waals surface area contributed by atoms with Crippen LogP contribution in [-0.4, -0.2) is 38.8 Å². The Labute approximate surface area is 170 Å². The van der Waals surface area contributed by atoms with Crippen molar-refractivity contribution < 1.29 is 28.5 Å². The number of hydrogen-bond acceptors (Lipinski definition) is 6. The van der Waals surface area contributed by atoms with E-state index in [2.05, 4.69) is 10.1 Å². The van der Waals surface area contributed by atoms with Crippen LogP contribution in [-0.2, 0) is 9.53 Å². The average molecular weight is 401 g/mol. The molecule has 2 aromatic rings. The molecule has 29 heavy (non-hydrogen) atoms. The number of ether oxygens (including phenoxy) is 4. The summed E-state index contributed by atoms with van der Waals surface area (Å²) in [5.41, 5.74) is 1.30. The van der Waals surface area contributed by atoms with Crippen LogP contribution in [0.3, 0.4) is 0 Å². The highest BCUT2D eigenvalue weighted by Gasteiger charge is 2.16. The van der Waals surface area contributed by atoms with Gasteiger partial charge in [-0.1, -0.05) is 12.1 Å². The fourth-order valence-corrected chi connectivity index (χ4v) is 2.62. The number of hydrogen-bond donors (Lipinski definition) is 1. The lowest BCUT2D eigenvalue weighted by Gasteiger charge is -2.17. The highest BCUT2D eigenvalue weighted by molar-refractivity contribution is 5.95. The van der Waals surface area contributed by atoms with Gasteiger partial charge in [0.25, 0.3) is 5.91 Å². The SMILES string of the molecule is COC(=O)COc1cc(C(=O)NC(C)c2cccc(OC(C)C)c2)ccc1OC. The van der Waals surface area contributed by atoms with Crippen molar-refractivity contribution in [3.05, 3.63) is 53.6 Å². The van der Waals surface area contributed by atoms with Gasteiger partial charge in [-0.25, -0.2) is 4.79 Å². The summed E-state index contributed by atoms with van der Waals surface area (Å²) in [6, 6.07) is 12.1. The number of nitrogens with one attached hydrogen (secondary N) is 1. The van der Waals surface area contributed by atoms with Crippen LogP contribution < -0.4 is 19.5 Å². The number of rotatable bonds is 9. The molecule has 0 saturated carbocycles. The molecule has 7 heteroatoms. The fourth-order valence-electron chi connectivity index (χ4n) is 2.62. The van der Waals surface area contributed by atoms with E-state index in [-0.39, 0.29) is 30.4 Å². The van der Waals surface area contributed by atoms with Gasteiger partial charge in [0.1, 0.15) is 5.75 Å². The van der Waals surface area contributed by atoms with Crippen molar-refractivity contribution in [2.75, 3.05) is 20.8 Å². The van der Waals surface area contributed by atoms with Gasteiger partial charge in [-0.05, 0) is 56.7 Å². The van der Waals surface area contributed by atoms with Gasteiger partial charge in [-0.2, -0.15) is 0 Å². The molecule has 1 atom stereocenters. The molecule has 0 radical (unpaired) electrons. The van der Waals surface area contributed by atoms with Crippen molar-refractivity contribution in [2.24, 2.45) is 0 Å². The van der Waals surface area contributed by atoms with E-state index in [1.54, 1.807) is 12.1 Å². The fraction of sp³-hybridized carbons (Fsp3) is 0.364. The Morgan fingerprint density at radius 2 is 1.76 bits per heavy atom. The number of benzene rings is 2. The molecule has 0 spiro atoms. The Morgan fingerprint density at radius 3 is 2.41 bits per heavy atom. The molecule has 156 valence electrons. The predicted molar refractivity (Wildman–Crippen MR) is 109 cm³/mol. The Hall–Kier alpha value is -3.22. The van der Waals surface area contributed by atoms with Gasteiger partial charge in [0.15, 0.2) is 18.1 Å². The van der Waals surface area contributed by atoms with Crippen LogP contribution in [0.4, 0.5) is 0 Å². The largest absolute Gasteiger partial charge is 0.493 e. The monoisotopic (exact) mass is 401 g/mol. The summed E-state index contributed by atoms with van der Waals surface area (Å²) in [5.74, 6) is 0.640. The van der Waals surface area contributed by atoms with Gasteiger partial charge in [0.2, 0.25) is 0 Å². The molecule has 0 aliphatic heterocycles. The Kier molecular flexibility index (Phi) is 7.88. The third-order valence-corrected chi connectivity index (χ3v) is 4.08. The quantitative estimate of drug-likeness (QED) is 0.648. The second-order valence-electron chi connectivity index (χ2n) is 6.66. The Balaban J connectivity index is 2.12. The zero-order valence-corrected chi connectivity index (χ0v) is 17.4. The molecule has 0 aliphatic rings. The molecular weight excluding hydrogens is 374 g/mol. The van der Waals surface area contributed by atoms with Gasteiger partial charge >= 0.3 is 5.97 Å². The van der Waals surface area contributed by atoms with Crippen LogP contribution in [0.1, 0.15) is 42.7 Å². The first-order chi connectivity index (χ1) is 13.8. The van der Waals surface area contributed by atoms with E-state index in [1.165, 1.54) is 20.3 Å². The van der Waals surface area contributed by atoms with Gasteiger partial charge in [-0.15, -0.1) is 0 Å². The van der Waals surface area contributed by atoms with Crippen LogP contribution in [0.25, 0.3) is 0 Å². The minimum absolute atomic E-state index is 0.0675. The lowest BCUT2D eigenvalue weighted by Crippen LogP contribution is -2.26. The summed E-state index contributed by atoms with van der Waals surface area (Å²) in [6.07, 6.45) is 0.0675. The summed E-state index contributed by atoms with van der Waals surface area (Å²) in [5, 5.41) is 2.95. The second-order valence-corrected chi connectivity index (χ2v) is 6.66. The maximum absolute atomic E-state index is 12.7. The molecule has 0 aliphatic carbocycles. The molecule has 1 unspecified atom stereocenters. The topological polar surface area (TPSA) is 83.1 Å². The zero-order valence-electron chi connectivity index (χ0n) is 17.4. The molecule has 7 nitrogen and oxygen atoms in total. The third-order valence-electron chi connectivity index (χ3n) is 4.08. The number of carbonyl (C=O) groups is 2. The summed E-state index contributed by atoms with van der Waals surface area (Å²) in [4.78, 5) is 24.0. The van der Waals surface area contributed by atoms with Gasteiger partial charge in [0.05, 0.1) is 26.4 Å². The van der Waals surface area contributed by atoms with Crippen molar-refractivity contribution in [1.82, 2.24) is 5.32 Å². The molecule has 0 fully saturated rings. The maximum atomic E-state index is 12.7. The van der Waals surface area contributed by atoms with Crippen molar-refractivity contribution in [3.8, 4) is 17.2 Å². The molecule has 1 amide bonds. The van der Waals surface area contributed by atoms with E-state index >= 15 is 0 Å². The first kappa shape index (κ1) is 22.1. The average Bonchev–Trinajstić information content (AvgIpc) is 2.71. The van der Waals surface area contributed by atoms with Crippen molar-refractivity contribution in [1.29, 1.82) is 0 Å². The Morgan fingerprint density at radius 1 is 1.00 bits per heavy atom. The third kappa shape index (κ3) is 6.41. The van der Waals surface area contributed by atoms with E-state index in [9.17, 15) is 9.59 Å². The molecule has 0 heterocycles. The smallest absolute Gasteiger partial charge is 0.343 e. The van der Waals surface area contributed by atoms with E-state index in [1.807, 2.05) is 45.0 Å². The van der Waals surface area contributed by atoms with E-state index in [0.29, 0.717) is 11.3 Å². The first-order valence-electron chi connectivity index (χ1n) is 9.29. The predicted octanol–water partition coefficient (Wildman–Crippen LogP) is 3.53. The van der Waals surface area contributed by atoms with Gasteiger partial charge < -0.3 is 24.3 Å². The van der Waals surface area contributed by atoms with Crippen LogP contribution in [0.2, 0.25) is 0 Å². The van der Waals surface area contributed by atoms with E-state index < -0.39 is 5.97 Å². The molecule has 0 aromatic heterocycles. The van der Waals surface area contributed by atoms with Gasteiger partial charge in [-0.3, -0.25) is 4.79 Å². The minimum Gasteiger partial charge on any atom is -0.493 e. The molecule has 1 N–H and O–H groups in total. The van der Waals surface area contributed by atoms with Gasteiger partial charge in [0, 0.05) is 5.56 Å². The minimum atomic E-state index is -0.529. The normalized spacial score (nSPS) is 11.5. The first-order valence-corrected chi connectivity index (χ1v) is 9.29. The van der Waals surface area contributed by atoms with Crippen LogP contribution >= 0.6 is 0 Å². The second kappa shape index (κ2) is 10.4. The van der Waals surface area contributed by atoms with Crippen LogP contribution in [0.5, 0.6) is 17.2 Å². The summed E-state index contributed by atoms with van der Waals surface area (Å²) in [7, 11) is 2.75. The van der Waals surface area contributed by atoms with Crippen LogP contribution in [0.15, 0.2) is 42.5 Å². The van der Waals surface area contributed by atoms with E-state index in [4.69, 9.17) is 14.2 Å². The lowest BCUT2D eigenvalue weighted by atomic mass is 10.1.